The van der Waals surface area contributed by atoms with Crippen molar-refractivity contribution in [3.63, 3.8) is 0 Å². The molecule has 2 nitrogen and oxygen atoms in total. The van der Waals surface area contributed by atoms with E-state index >= 15 is 0 Å². The van der Waals surface area contributed by atoms with Crippen molar-refractivity contribution in [2.45, 2.75) is 18.9 Å². The van der Waals surface area contributed by atoms with Crippen molar-refractivity contribution in [1.29, 1.82) is 0 Å². The molecule has 1 aromatic carbocycles. The van der Waals surface area contributed by atoms with Crippen LogP contribution in [0.2, 0.25) is 0 Å². The van der Waals surface area contributed by atoms with Crippen LogP contribution < -0.4 is 0 Å². The van der Waals surface area contributed by atoms with Crippen LogP contribution in [0.5, 0.6) is 0 Å². The SMILES string of the molecule is C[C@](O)(Cc1ccccc1)c1cccnc1. The van der Waals surface area contributed by atoms with Gasteiger partial charge in [-0.2, -0.15) is 0 Å². The Labute approximate surface area is 95.6 Å². The maximum atomic E-state index is 10.4. The topological polar surface area (TPSA) is 33.1 Å². The molecule has 1 aromatic heterocycles. The molecule has 0 radical (unpaired) electrons. The van der Waals surface area contributed by atoms with Gasteiger partial charge in [-0.3, -0.25) is 4.98 Å². The number of nitrogens with zero attached hydrogens (tertiary/aromatic N) is 1. The molecule has 0 amide bonds. The second-order valence-corrected chi connectivity index (χ2v) is 4.18. The standard InChI is InChI=1S/C14H15NO/c1-14(16,13-8-5-9-15-11-13)10-12-6-3-2-4-7-12/h2-9,11,16H,10H2,1H3/t14-/m0/s1. The molecule has 0 saturated heterocycles. The Kier molecular flexibility index (Phi) is 3.02. The second kappa shape index (κ2) is 4.45. The first kappa shape index (κ1) is 10.8. The summed E-state index contributed by atoms with van der Waals surface area (Å²) in [5.74, 6) is 0. The molecule has 0 aliphatic heterocycles. The number of aromatic nitrogens is 1. The molecule has 2 aromatic rings. The number of pyridine rings is 1. The summed E-state index contributed by atoms with van der Waals surface area (Å²) in [4.78, 5) is 4.03. The number of hydrogen-bond acceptors (Lipinski definition) is 2. The molecule has 0 spiro atoms. The molecule has 1 heterocycles. The van der Waals surface area contributed by atoms with Gasteiger partial charge < -0.3 is 5.11 Å². The first-order chi connectivity index (χ1) is 7.68. The molecule has 1 atom stereocenters. The maximum absolute atomic E-state index is 10.4. The van der Waals surface area contributed by atoms with Crippen molar-refractivity contribution >= 4 is 0 Å². The Bertz CT molecular complexity index is 437. The third kappa shape index (κ3) is 2.47. The highest BCUT2D eigenvalue weighted by Crippen LogP contribution is 2.24. The van der Waals surface area contributed by atoms with E-state index in [1.54, 1.807) is 12.4 Å². The summed E-state index contributed by atoms with van der Waals surface area (Å²) in [6.45, 7) is 1.82. The first-order valence-corrected chi connectivity index (χ1v) is 5.35. The molecule has 0 unspecified atom stereocenters. The van der Waals surface area contributed by atoms with E-state index in [0.29, 0.717) is 6.42 Å². The number of rotatable bonds is 3. The summed E-state index contributed by atoms with van der Waals surface area (Å²) in [5, 5.41) is 10.4. The molecule has 2 rings (SSSR count). The van der Waals surface area contributed by atoms with E-state index in [9.17, 15) is 5.11 Å². The van der Waals surface area contributed by atoms with Crippen molar-refractivity contribution in [1.82, 2.24) is 4.98 Å². The van der Waals surface area contributed by atoms with Crippen molar-refractivity contribution in [3.05, 3.63) is 66.0 Å². The number of hydrogen-bond donors (Lipinski definition) is 1. The molecule has 16 heavy (non-hydrogen) atoms. The van der Waals surface area contributed by atoms with Gasteiger partial charge in [-0.1, -0.05) is 36.4 Å². The zero-order chi connectivity index (χ0) is 11.4. The molecular formula is C14H15NO. The van der Waals surface area contributed by atoms with Crippen molar-refractivity contribution in [2.24, 2.45) is 0 Å². The molecule has 2 heteroatoms. The Morgan fingerprint density at radius 1 is 1.12 bits per heavy atom. The second-order valence-electron chi connectivity index (χ2n) is 4.18. The smallest absolute Gasteiger partial charge is 0.0923 e. The van der Waals surface area contributed by atoms with Crippen LogP contribution >= 0.6 is 0 Å². The average Bonchev–Trinajstić information content (AvgIpc) is 2.31. The van der Waals surface area contributed by atoms with Crippen LogP contribution in [-0.4, -0.2) is 10.1 Å². The van der Waals surface area contributed by atoms with Crippen LogP contribution in [0.15, 0.2) is 54.9 Å². The Hall–Kier alpha value is -1.67. The summed E-state index contributed by atoms with van der Waals surface area (Å²) in [6, 6.07) is 13.7. The van der Waals surface area contributed by atoms with Gasteiger partial charge in [0.1, 0.15) is 0 Å². The van der Waals surface area contributed by atoms with Crippen molar-refractivity contribution in [3.8, 4) is 0 Å². The van der Waals surface area contributed by atoms with Gasteiger partial charge in [-0.15, -0.1) is 0 Å². The van der Waals surface area contributed by atoms with Crippen LogP contribution in [0.1, 0.15) is 18.1 Å². The van der Waals surface area contributed by atoms with Gasteiger partial charge in [0.2, 0.25) is 0 Å². The van der Waals surface area contributed by atoms with Crippen LogP contribution in [0.3, 0.4) is 0 Å². The van der Waals surface area contributed by atoms with Gasteiger partial charge in [-0.25, -0.2) is 0 Å². The van der Waals surface area contributed by atoms with Crippen molar-refractivity contribution < 1.29 is 5.11 Å². The lowest BCUT2D eigenvalue weighted by atomic mass is 9.90. The highest BCUT2D eigenvalue weighted by Gasteiger charge is 2.23. The van der Waals surface area contributed by atoms with E-state index in [1.165, 1.54) is 0 Å². The number of benzene rings is 1. The van der Waals surface area contributed by atoms with E-state index in [0.717, 1.165) is 11.1 Å². The first-order valence-electron chi connectivity index (χ1n) is 5.35. The minimum Gasteiger partial charge on any atom is -0.385 e. The lowest BCUT2D eigenvalue weighted by Crippen LogP contribution is -2.24. The zero-order valence-corrected chi connectivity index (χ0v) is 9.30. The van der Waals surface area contributed by atoms with Crippen LogP contribution in [-0.2, 0) is 12.0 Å². The fourth-order valence-electron chi connectivity index (χ4n) is 1.78. The van der Waals surface area contributed by atoms with E-state index < -0.39 is 5.60 Å². The summed E-state index contributed by atoms with van der Waals surface area (Å²) in [7, 11) is 0. The molecule has 0 bridgehead atoms. The lowest BCUT2D eigenvalue weighted by Gasteiger charge is -2.23. The van der Waals surface area contributed by atoms with Crippen LogP contribution in [0.4, 0.5) is 0 Å². The predicted molar refractivity (Wildman–Crippen MR) is 64.0 cm³/mol. The average molecular weight is 213 g/mol. The summed E-state index contributed by atoms with van der Waals surface area (Å²) in [6.07, 6.45) is 4.02. The summed E-state index contributed by atoms with van der Waals surface area (Å²) >= 11 is 0. The third-order valence-corrected chi connectivity index (χ3v) is 2.67. The van der Waals surface area contributed by atoms with Gasteiger partial charge in [-0.05, 0) is 18.6 Å². The molecule has 0 saturated carbocycles. The van der Waals surface area contributed by atoms with E-state index in [4.69, 9.17) is 0 Å². The maximum Gasteiger partial charge on any atom is 0.0923 e. The van der Waals surface area contributed by atoms with Gasteiger partial charge in [0.25, 0.3) is 0 Å². The predicted octanol–water partition coefficient (Wildman–Crippen LogP) is 2.53. The molecular weight excluding hydrogens is 198 g/mol. The molecule has 82 valence electrons. The Morgan fingerprint density at radius 2 is 1.88 bits per heavy atom. The third-order valence-electron chi connectivity index (χ3n) is 2.67. The van der Waals surface area contributed by atoms with Gasteiger partial charge in [0, 0.05) is 24.4 Å². The normalized spacial score (nSPS) is 14.4. The zero-order valence-electron chi connectivity index (χ0n) is 9.30. The molecule has 0 fully saturated rings. The number of aliphatic hydroxyl groups is 1. The van der Waals surface area contributed by atoms with E-state index in [1.807, 2.05) is 49.4 Å². The fraction of sp³-hybridized carbons (Fsp3) is 0.214. The van der Waals surface area contributed by atoms with E-state index in [-0.39, 0.29) is 0 Å². The molecule has 0 aliphatic rings. The van der Waals surface area contributed by atoms with Gasteiger partial charge in [0.05, 0.1) is 5.60 Å². The van der Waals surface area contributed by atoms with Gasteiger partial charge >= 0.3 is 0 Å². The van der Waals surface area contributed by atoms with Crippen molar-refractivity contribution in [2.75, 3.05) is 0 Å². The quantitative estimate of drug-likeness (QED) is 0.850. The highest BCUT2D eigenvalue weighted by atomic mass is 16.3. The Morgan fingerprint density at radius 3 is 2.50 bits per heavy atom. The highest BCUT2D eigenvalue weighted by molar-refractivity contribution is 5.23. The fourth-order valence-corrected chi connectivity index (χ4v) is 1.78. The van der Waals surface area contributed by atoms with Crippen LogP contribution in [0, 0.1) is 0 Å². The molecule has 0 aliphatic carbocycles. The summed E-state index contributed by atoms with van der Waals surface area (Å²) < 4.78 is 0. The summed E-state index contributed by atoms with van der Waals surface area (Å²) in [5.41, 5.74) is 1.10. The monoisotopic (exact) mass is 213 g/mol. The van der Waals surface area contributed by atoms with Gasteiger partial charge in [0.15, 0.2) is 0 Å². The minimum absolute atomic E-state index is 0.597. The largest absolute Gasteiger partial charge is 0.385 e. The Balaban J connectivity index is 2.21. The molecule has 1 N–H and O–H groups in total. The van der Waals surface area contributed by atoms with Crippen LogP contribution in [0.25, 0.3) is 0 Å². The van der Waals surface area contributed by atoms with E-state index in [2.05, 4.69) is 4.98 Å². The minimum atomic E-state index is -0.865. The lowest BCUT2D eigenvalue weighted by molar-refractivity contribution is 0.0573.